The molecule has 0 atom stereocenters. The summed E-state index contributed by atoms with van der Waals surface area (Å²) in [4.78, 5) is 29.3. The summed E-state index contributed by atoms with van der Waals surface area (Å²) in [5, 5.41) is 12.0. The predicted molar refractivity (Wildman–Crippen MR) is 136 cm³/mol. The first-order valence-corrected chi connectivity index (χ1v) is 12.3. The van der Waals surface area contributed by atoms with Crippen molar-refractivity contribution in [1.82, 2.24) is 15.1 Å². The topological polar surface area (TPSA) is 96.9 Å². The van der Waals surface area contributed by atoms with Crippen LogP contribution in [0.4, 0.5) is 11.4 Å². The fourth-order valence-corrected chi connectivity index (χ4v) is 4.64. The van der Waals surface area contributed by atoms with Gasteiger partial charge in [0.05, 0.1) is 14.2 Å². The van der Waals surface area contributed by atoms with Gasteiger partial charge in [0.1, 0.15) is 16.5 Å². The highest BCUT2D eigenvalue weighted by molar-refractivity contribution is 7.13. The van der Waals surface area contributed by atoms with Crippen LogP contribution in [0.25, 0.3) is 0 Å². The van der Waals surface area contributed by atoms with Crippen molar-refractivity contribution in [2.75, 3.05) is 50.6 Å². The first-order chi connectivity index (χ1) is 17.1. The standard InChI is InChI=1S/C25H29N5O4S/c1-33-20-10-6-18(7-11-20)26-24(32)25-28-27-22(35-25)4-3-5-23(31)30-16-14-29(15-17-30)19-8-12-21(34-2)13-9-19/h6-13H,3-5,14-17H2,1-2H3,(H,26,32). The molecule has 9 nitrogen and oxygen atoms in total. The number of benzene rings is 2. The fourth-order valence-electron chi connectivity index (χ4n) is 3.86. The van der Waals surface area contributed by atoms with E-state index in [1.54, 1.807) is 38.5 Å². The summed E-state index contributed by atoms with van der Waals surface area (Å²) in [6, 6.07) is 15.1. The summed E-state index contributed by atoms with van der Waals surface area (Å²) in [7, 11) is 3.25. The molecule has 0 unspecified atom stereocenters. The van der Waals surface area contributed by atoms with Gasteiger partial charge in [0.25, 0.3) is 5.91 Å². The van der Waals surface area contributed by atoms with E-state index in [0.717, 1.165) is 35.3 Å². The number of rotatable bonds is 9. The van der Waals surface area contributed by atoms with Crippen LogP contribution in [0, 0.1) is 0 Å². The highest BCUT2D eigenvalue weighted by atomic mass is 32.1. The highest BCUT2D eigenvalue weighted by Crippen LogP contribution is 2.21. The summed E-state index contributed by atoms with van der Waals surface area (Å²) < 4.78 is 10.3. The molecule has 4 rings (SSSR count). The first kappa shape index (κ1) is 24.5. The third-order valence-electron chi connectivity index (χ3n) is 5.86. The lowest BCUT2D eigenvalue weighted by atomic mass is 10.2. The van der Waals surface area contributed by atoms with E-state index in [2.05, 4.69) is 20.4 Å². The number of hydrogen-bond acceptors (Lipinski definition) is 8. The minimum atomic E-state index is -0.301. The lowest BCUT2D eigenvalue weighted by Gasteiger charge is -2.36. The molecule has 0 radical (unpaired) electrons. The van der Waals surface area contributed by atoms with E-state index in [-0.39, 0.29) is 11.8 Å². The van der Waals surface area contributed by atoms with Crippen molar-refractivity contribution in [3.8, 4) is 11.5 Å². The van der Waals surface area contributed by atoms with Crippen molar-refractivity contribution in [1.29, 1.82) is 0 Å². The number of ether oxygens (including phenoxy) is 2. The Balaban J connectivity index is 1.19. The van der Waals surface area contributed by atoms with E-state index in [1.807, 2.05) is 29.2 Å². The van der Waals surface area contributed by atoms with Crippen LogP contribution >= 0.6 is 11.3 Å². The van der Waals surface area contributed by atoms with Crippen molar-refractivity contribution in [3.63, 3.8) is 0 Å². The van der Waals surface area contributed by atoms with Crippen LogP contribution in [-0.4, -0.2) is 67.3 Å². The minimum absolute atomic E-state index is 0.154. The van der Waals surface area contributed by atoms with Crippen molar-refractivity contribution >= 4 is 34.5 Å². The van der Waals surface area contributed by atoms with E-state index in [1.165, 1.54) is 11.3 Å². The third-order valence-corrected chi connectivity index (χ3v) is 6.84. The summed E-state index contributed by atoms with van der Waals surface area (Å²) in [6.45, 7) is 3.03. The van der Waals surface area contributed by atoms with Crippen LogP contribution in [0.1, 0.15) is 27.7 Å². The Hall–Kier alpha value is -3.66. The third kappa shape index (κ3) is 6.48. The lowest BCUT2D eigenvalue weighted by molar-refractivity contribution is -0.131. The second-order valence-corrected chi connectivity index (χ2v) is 9.17. The Labute approximate surface area is 208 Å². The smallest absolute Gasteiger partial charge is 0.286 e. The van der Waals surface area contributed by atoms with Crippen LogP contribution in [-0.2, 0) is 11.2 Å². The SMILES string of the molecule is COc1ccc(NC(=O)c2nnc(CCCC(=O)N3CCN(c4ccc(OC)cc4)CC3)s2)cc1. The van der Waals surface area contributed by atoms with Gasteiger partial charge in [0.2, 0.25) is 10.9 Å². The van der Waals surface area contributed by atoms with Crippen molar-refractivity contribution in [3.05, 3.63) is 58.5 Å². The molecular weight excluding hydrogens is 466 g/mol. The second-order valence-electron chi connectivity index (χ2n) is 8.10. The highest BCUT2D eigenvalue weighted by Gasteiger charge is 2.21. The molecule has 0 aliphatic carbocycles. The Morgan fingerprint density at radius 2 is 1.54 bits per heavy atom. The maximum atomic E-state index is 12.7. The fraction of sp³-hybridized carbons (Fsp3) is 0.360. The summed E-state index contributed by atoms with van der Waals surface area (Å²) >= 11 is 1.26. The molecule has 3 aromatic rings. The van der Waals surface area contributed by atoms with Crippen molar-refractivity contribution < 1.29 is 19.1 Å². The molecule has 2 amide bonds. The van der Waals surface area contributed by atoms with Gasteiger partial charge in [-0.05, 0) is 55.0 Å². The molecule has 2 heterocycles. The van der Waals surface area contributed by atoms with Gasteiger partial charge >= 0.3 is 0 Å². The summed E-state index contributed by atoms with van der Waals surface area (Å²) in [5.74, 6) is 1.41. The zero-order valence-electron chi connectivity index (χ0n) is 19.9. The van der Waals surface area contributed by atoms with E-state index < -0.39 is 0 Å². The largest absolute Gasteiger partial charge is 0.497 e. The van der Waals surface area contributed by atoms with E-state index in [4.69, 9.17) is 9.47 Å². The molecule has 10 heteroatoms. The maximum absolute atomic E-state index is 12.7. The van der Waals surface area contributed by atoms with Gasteiger partial charge in [-0.2, -0.15) is 0 Å². The number of aromatic nitrogens is 2. The van der Waals surface area contributed by atoms with E-state index in [0.29, 0.717) is 43.0 Å². The quantitative estimate of drug-likeness (QED) is 0.485. The molecular formula is C25H29N5O4S. The molecule has 0 spiro atoms. The number of amides is 2. The van der Waals surface area contributed by atoms with Crippen molar-refractivity contribution in [2.24, 2.45) is 0 Å². The lowest BCUT2D eigenvalue weighted by Crippen LogP contribution is -2.48. The summed E-state index contributed by atoms with van der Waals surface area (Å²) in [5.41, 5.74) is 1.80. The molecule has 0 saturated carbocycles. The Morgan fingerprint density at radius 1 is 0.914 bits per heavy atom. The van der Waals surface area contributed by atoms with Crippen LogP contribution in [0.3, 0.4) is 0 Å². The van der Waals surface area contributed by atoms with Gasteiger partial charge in [-0.1, -0.05) is 11.3 Å². The van der Waals surface area contributed by atoms with Gasteiger partial charge in [0.15, 0.2) is 0 Å². The molecule has 0 bridgehead atoms. The van der Waals surface area contributed by atoms with Gasteiger partial charge in [-0.3, -0.25) is 9.59 Å². The molecule has 1 aromatic heterocycles. The first-order valence-electron chi connectivity index (χ1n) is 11.5. The second kappa shape index (κ2) is 11.7. The molecule has 184 valence electrons. The number of aryl methyl sites for hydroxylation is 1. The number of carbonyl (C=O) groups excluding carboxylic acids is 2. The summed E-state index contributed by atoms with van der Waals surface area (Å²) in [6.07, 6.45) is 1.74. The molecule has 1 fully saturated rings. The molecule has 1 N–H and O–H groups in total. The Morgan fingerprint density at radius 3 is 2.17 bits per heavy atom. The number of nitrogens with zero attached hydrogens (tertiary/aromatic N) is 4. The number of methoxy groups -OCH3 is 2. The monoisotopic (exact) mass is 495 g/mol. The Kier molecular flexibility index (Phi) is 8.15. The zero-order chi connectivity index (χ0) is 24.6. The average Bonchev–Trinajstić information content (AvgIpc) is 3.38. The molecule has 1 aliphatic rings. The number of piperazine rings is 1. The van der Waals surface area contributed by atoms with Gasteiger partial charge < -0.3 is 24.6 Å². The van der Waals surface area contributed by atoms with Crippen LogP contribution in [0.2, 0.25) is 0 Å². The van der Waals surface area contributed by atoms with Crippen LogP contribution < -0.4 is 19.7 Å². The predicted octanol–water partition coefficient (Wildman–Crippen LogP) is 3.48. The minimum Gasteiger partial charge on any atom is -0.497 e. The van der Waals surface area contributed by atoms with Crippen LogP contribution in [0.5, 0.6) is 11.5 Å². The van der Waals surface area contributed by atoms with E-state index >= 15 is 0 Å². The van der Waals surface area contributed by atoms with Crippen LogP contribution in [0.15, 0.2) is 48.5 Å². The maximum Gasteiger partial charge on any atom is 0.286 e. The molecule has 2 aromatic carbocycles. The number of anilines is 2. The van der Waals surface area contributed by atoms with Gasteiger partial charge in [-0.25, -0.2) is 0 Å². The number of nitrogens with one attached hydrogen (secondary N) is 1. The Bertz CT molecular complexity index is 1130. The zero-order valence-corrected chi connectivity index (χ0v) is 20.7. The van der Waals surface area contributed by atoms with Crippen molar-refractivity contribution in [2.45, 2.75) is 19.3 Å². The molecule has 1 saturated heterocycles. The van der Waals surface area contributed by atoms with Gasteiger partial charge in [-0.15, -0.1) is 10.2 Å². The number of hydrogen-bond donors (Lipinski definition) is 1. The molecule has 35 heavy (non-hydrogen) atoms. The van der Waals surface area contributed by atoms with E-state index in [9.17, 15) is 9.59 Å². The normalized spacial score (nSPS) is 13.4. The molecule has 1 aliphatic heterocycles. The number of carbonyl (C=O) groups is 2. The average molecular weight is 496 g/mol. The van der Waals surface area contributed by atoms with Gasteiger partial charge in [0, 0.05) is 50.4 Å².